The lowest BCUT2D eigenvalue weighted by Crippen LogP contribution is -2.28. The number of nitrogens with two attached hydrogens (primary N) is 1. The number of nitrogens with zero attached hydrogens (tertiary/aromatic N) is 1. The summed E-state index contributed by atoms with van der Waals surface area (Å²) in [6.45, 7) is -0.0465. The van der Waals surface area contributed by atoms with Crippen molar-refractivity contribution in [3.05, 3.63) is 30.3 Å². The zero-order valence-electron chi connectivity index (χ0n) is 6.93. The standard InChI is InChI=1S/C8H10N3O2/c9-10-6-13-8(12)11-7-4-2-1-3-5-7/h1-5,10H,6,9H2. The molecule has 0 unspecified atom stereocenters. The van der Waals surface area contributed by atoms with Gasteiger partial charge in [-0.25, -0.2) is 10.2 Å². The monoisotopic (exact) mass is 180 g/mol. The first kappa shape index (κ1) is 9.50. The summed E-state index contributed by atoms with van der Waals surface area (Å²) < 4.78 is 4.55. The second-order valence-electron chi connectivity index (χ2n) is 2.21. The number of hydrogen-bond donors (Lipinski definition) is 2. The molecule has 0 fully saturated rings. The molecule has 0 aliphatic rings. The third-order valence-corrected chi connectivity index (χ3v) is 1.26. The Bertz CT molecular complexity index is 263. The van der Waals surface area contributed by atoms with Crippen LogP contribution in [0.2, 0.25) is 0 Å². The van der Waals surface area contributed by atoms with Gasteiger partial charge >= 0.3 is 6.09 Å². The quantitative estimate of drug-likeness (QED) is 0.403. The molecule has 0 saturated carbocycles. The molecular formula is C8H10N3O2. The van der Waals surface area contributed by atoms with Gasteiger partial charge in [-0.05, 0) is 12.1 Å². The Balaban J connectivity index is 2.37. The lowest BCUT2D eigenvalue weighted by molar-refractivity contribution is 0.140. The number of rotatable bonds is 3. The van der Waals surface area contributed by atoms with Crippen molar-refractivity contribution in [1.29, 1.82) is 0 Å². The summed E-state index contributed by atoms with van der Waals surface area (Å²) in [5, 5.41) is 3.64. The average molecular weight is 180 g/mol. The van der Waals surface area contributed by atoms with E-state index < -0.39 is 6.09 Å². The van der Waals surface area contributed by atoms with Crippen molar-refractivity contribution in [3.63, 3.8) is 0 Å². The molecule has 5 nitrogen and oxygen atoms in total. The van der Waals surface area contributed by atoms with Crippen LogP contribution in [0.4, 0.5) is 10.5 Å². The maximum Gasteiger partial charge on any atom is 0.435 e. The van der Waals surface area contributed by atoms with E-state index in [0.29, 0.717) is 5.69 Å². The Kier molecular flexibility index (Phi) is 3.74. The van der Waals surface area contributed by atoms with Crippen LogP contribution in [0.1, 0.15) is 0 Å². The Morgan fingerprint density at radius 1 is 1.46 bits per heavy atom. The first-order valence-corrected chi connectivity index (χ1v) is 3.70. The molecule has 1 rings (SSSR count). The van der Waals surface area contributed by atoms with Gasteiger partial charge < -0.3 is 4.74 Å². The molecule has 3 N–H and O–H groups in total. The lowest BCUT2D eigenvalue weighted by Gasteiger charge is -2.02. The normalized spacial score (nSPS) is 9.31. The summed E-state index contributed by atoms with van der Waals surface area (Å²) >= 11 is 0. The Labute approximate surface area is 75.8 Å². The summed E-state index contributed by atoms with van der Waals surface area (Å²) in [7, 11) is 0. The fourth-order valence-corrected chi connectivity index (χ4v) is 0.744. The summed E-state index contributed by atoms with van der Waals surface area (Å²) in [6.07, 6.45) is -0.663. The van der Waals surface area contributed by atoms with Crippen molar-refractivity contribution < 1.29 is 9.53 Å². The van der Waals surface area contributed by atoms with Crippen LogP contribution in [-0.4, -0.2) is 12.8 Å². The Hall–Kier alpha value is -1.59. The predicted molar refractivity (Wildman–Crippen MR) is 46.9 cm³/mol. The topological polar surface area (TPSA) is 78.4 Å². The Morgan fingerprint density at radius 2 is 2.15 bits per heavy atom. The number of nitrogens with one attached hydrogen (secondary N) is 1. The van der Waals surface area contributed by atoms with Crippen LogP contribution in [0.5, 0.6) is 0 Å². The van der Waals surface area contributed by atoms with Gasteiger partial charge in [-0.15, -0.1) is 0 Å². The second kappa shape index (κ2) is 5.13. The molecule has 0 spiro atoms. The average Bonchev–Trinajstić information content (AvgIpc) is 2.16. The molecule has 1 radical (unpaired) electrons. The number of benzene rings is 1. The molecule has 0 aromatic heterocycles. The largest absolute Gasteiger partial charge is 0.435 e. The lowest BCUT2D eigenvalue weighted by atomic mass is 10.3. The van der Waals surface area contributed by atoms with Crippen molar-refractivity contribution in [2.75, 3.05) is 6.73 Å². The minimum absolute atomic E-state index is 0.0465. The van der Waals surface area contributed by atoms with Gasteiger partial charge in [0.1, 0.15) is 0 Å². The highest BCUT2D eigenvalue weighted by atomic mass is 16.6. The van der Waals surface area contributed by atoms with Gasteiger partial charge in [0.2, 0.25) is 0 Å². The van der Waals surface area contributed by atoms with Crippen molar-refractivity contribution >= 4 is 11.8 Å². The minimum atomic E-state index is -0.663. The van der Waals surface area contributed by atoms with E-state index in [1.54, 1.807) is 24.3 Å². The first-order chi connectivity index (χ1) is 6.33. The van der Waals surface area contributed by atoms with E-state index in [1.165, 1.54) is 0 Å². The van der Waals surface area contributed by atoms with Gasteiger partial charge in [0.05, 0.1) is 5.69 Å². The van der Waals surface area contributed by atoms with Crippen LogP contribution >= 0.6 is 0 Å². The molecule has 0 aliphatic heterocycles. The van der Waals surface area contributed by atoms with Crippen LogP contribution < -0.4 is 16.6 Å². The maximum atomic E-state index is 10.9. The van der Waals surface area contributed by atoms with Crippen molar-refractivity contribution in [2.24, 2.45) is 5.84 Å². The zero-order valence-corrected chi connectivity index (χ0v) is 6.93. The van der Waals surface area contributed by atoms with E-state index in [1.807, 2.05) is 6.07 Å². The smallest absolute Gasteiger partial charge is 0.431 e. The van der Waals surface area contributed by atoms with Crippen molar-refractivity contribution in [3.8, 4) is 0 Å². The molecule has 1 aromatic rings. The highest BCUT2D eigenvalue weighted by molar-refractivity contribution is 5.73. The van der Waals surface area contributed by atoms with Gasteiger partial charge in [-0.3, -0.25) is 5.84 Å². The van der Waals surface area contributed by atoms with Crippen LogP contribution in [0.15, 0.2) is 30.3 Å². The zero-order chi connectivity index (χ0) is 9.52. The van der Waals surface area contributed by atoms with Crippen molar-refractivity contribution in [2.45, 2.75) is 0 Å². The maximum absolute atomic E-state index is 10.9. The molecule has 0 aliphatic carbocycles. The van der Waals surface area contributed by atoms with Crippen LogP contribution in [-0.2, 0) is 4.74 Å². The summed E-state index contributed by atoms with van der Waals surface area (Å²) in [5.41, 5.74) is 2.74. The van der Waals surface area contributed by atoms with Gasteiger partial charge in [0.25, 0.3) is 0 Å². The van der Waals surface area contributed by atoms with Gasteiger partial charge in [0, 0.05) is 0 Å². The summed E-state index contributed by atoms with van der Waals surface area (Å²) in [6, 6.07) is 8.82. The number of carbonyl (C=O) groups is 1. The number of hydrogen-bond acceptors (Lipinski definition) is 4. The minimum Gasteiger partial charge on any atom is -0.431 e. The van der Waals surface area contributed by atoms with Gasteiger partial charge in [-0.1, -0.05) is 18.2 Å². The molecule has 5 heteroatoms. The predicted octanol–water partition coefficient (Wildman–Crippen LogP) is 0.480. The molecule has 0 saturated heterocycles. The van der Waals surface area contributed by atoms with E-state index in [9.17, 15) is 4.79 Å². The molecule has 0 bridgehead atoms. The van der Waals surface area contributed by atoms with Gasteiger partial charge in [0.15, 0.2) is 6.73 Å². The number of carbonyl (C=O) groups excluding carboxylic acids is 1. The number of hydrazine groups is 1. The summed E-state index contributed by atoms with van der Waals surface area (Å²) in [4.78, 5) is 10.9. The van der Waals surface area contributed by atoms with E-state index in [-0.39, 0.29) is 6.73 Å². The SMILES string of the molecule is NNCOC(=O)[N]c1ccccc1. The van der Waals surface area contributed by atoms with Gasteiger partial charge in [-0.2, -0.15) is 5.32 Å². The second-order valence-corrected chi connectivity index (χ2v) is 2.21. The summed E-state index contributed by atoms with van der Waals surface area (Å²) in [5.74, 6) is 4.90. The molecule has 1 aromatic carbocycles. The number of amides is 1. The van der Waals surface area contributed by atoms with Crippen molar-refractivity contribution in [1.82, 2.24) is 10.7 Å². The molecule has 0 atom stereocenters. The molecule has 69 valence electrons. The molecule has 1 amide bonds. The fourth-order valence-electron chi connectivity index (χ4n) is 0.744. The first-order valence-electron chi connectivity index (χ1n) is 3.70. The van der Waals surface area contributed by atoms with E-state index in [0.717, 1.165) is 0 Å². The van der Waals surface area contributed by atoms with Crippen LogP contribution in [0, 0.1) is 0 Å². The fraction of sp³-hybridized carbons (Fsp3) is 0.125. The van der Waals surface area contributed by atoms with Crippen LogP contribution in [0.3, 0.4) is 0 Å². The third-order valence-electron chi connectivity index (χ3n) is 1.26. The Morgan fingerprint density at radius 3 is 2.77 bits per heavy atom. The molecule has 13 heavy (non-hydrogen) atoms. The van der Waals surface area contributed by atoms with E-state index >= 15 is 0 Å². The molecule has 0 heterocycles. The third kappa shape index (κ3) is 3.55. The molecular weight excluding hydrogens is 170 g/mol. The van der Waals surface area contributed by atoms with E-state index in [2.05, 4.69) is 15.5 Å². The number of para-hydroxylation sites is 1. The highest BCUT2D eigenvalue weighted by Crippen LogP contribution is 2.05. The van der Waals surface area contributed by atoms with E-state index in [4.69, 9.17) is 5.84 Å². The highest BCUT2D eigenvalue weighted by Gasteiger charge is 2.03. The van der Waals surface area contributed by atoms with Crippen LogP contribution in [0.25, 0.3) is 0 Å². The number of ether oxygens (including phenoxy) is 1.